The van der Waals surface area contributed by atoms with E-state index in [1.807, 2.05) is 32.0 Å². The van der Waals surface area contributed by atoms with Gasteiger partial charge in [0.1, 0.15) is 5.92 Å². The number of carboxylic acids is 1. The predicted molar refractivity (Wildman–Crippen MR) is 104 cm³/mol. The van der Waals surface area contributed by atoms with Gasteiger partial charge in [-0.15, -0.1) is 0 Å². The lowest BCUT2D eigenvalue weighted by Gasteiger charge is -2.35. The summed E-state index contributed by atoms with van der Waals surface area (Å²) in [5, 5.41) is 9.06. The van der Waals surface area contributed by atoms with Crippen LogP contribution in [0.2, 0.25) is 0 Å². The fraction of sp³-hybridized carbons (Fsp3) is 0.571. The van der Waals surface area contributed by atoms with Gasteiger partial charge < -0.3 is 19.6 Å². The molecule has 2 heterocycles. The molecule has 1 aromatic rings. The van der Waals surface area contributed by atoms with E-state index in [1.54, 1.807) is 9.80 Å². The molecule has 7 nitrogen and oxygen atoms in total. The van der Waals surface area contributed by atoms with Crippen LogP contribution < -0.4 is 4.90 Å². The van der Waals surface area contributed by atoms with Gasteiger partial charge >= 0.3 is 5.97 Å². The topological polar surface area (TPSA) is 87.2 Å². The van der Waals surface area contributed by atoms with Gasteiger partial charge in [0, 0.05) is 38.0 Å². The van der Waals surface area contributed by atoms with E-state index >= 15 is 0 Å². The maximum absolute atomic E-state index is 13.2. The first-order chi connectivity index (χ1) is 13.4. The fourth-order valence-corrected chi connectivity index (χ4v) is 3.94. The highest BCUT2D eigenvalue weighted by Crippen LogP contribution is 2.29. The summed E-state index contributed by atoms with van der Waals surface area (Å²) < 4.78 is 5.37. The van der Waals surface area contributed by atoms with E-state index in [9.17, 15) is 14.4 Å². The van der Waals surface area contributed by atoms with E-state index in [4.69, 9.17) is 9.84 Å². The zero-order valence-corrected chi connectivity index (χ0v) is 16.5. The summed E-state index contributed by atoms with van der Waals surface area (Å²) in [6, 6.07) is 5.80. The molecule has 7 heteroatoms. The van der Waals surface area contributed by atoms with E-state index in [0.29, 0.717) is 39.0 Å². The highest BCUT2D eigenvalue weighted by molar-refractivity contribution is 6.09. The first-order valence-corrected chi connectivity index (χ1v) is 9.87. The molecule has 2 fully saturated rings. The third kappa shape index (κ3) is 4.35. The number of nitrogens with zero attached hydrogens (tertiary/aromatic N) is 2. The van der Waals surface area contributed by atoms with Crippen molar-refractivity contribution in [1.29, 1.82) is 0 Å². The molecule has 1 N–H and O–H groups in total. The van der Waals surface area contributed by atoms with Crippen molar-refractivity contribution >= 4 is 23.5 Å². The number of amides is 2. The second-order valence-electron chi connectivity index (χ2n) is 7.62. The Bertz CT molecular complexity index is 757. The molecule has 0 radical (unpaired) electrons. The number of anilines is 1. The van der Waals surface area contributed by atoms with Crippen LogP contribution >= 0.6 is 0 Å². The Morgan fingerprint density at radius 1 is 1.18 bits per heavy atom. The van der Waals surface area contributed by atoms with Crippen LogP contribution in [0.5, 0.6) is 0 Å². The van der Waals surface area contributed by atoms with Crippen molar-refractivity contribution in [3.05, 3.63) is 29.3 Å². The van der Waals surface area contributed by atoms with Crippen LogP contribution in [0.4, 0.5) is 5.69 Å². The van der Waals surface area contributed by atoms with Crippen LogP contribution in [0.15, 0.2) is 18.2 Å². The molecule has 2 aliphatic heterocycles. The summed E-state index contributed by atoms with van der Waals surface area (Å²) in [7, 11) is 0. The average molecular weight is 388 g/mol. The molecule has 1 atom stereocenters. The molecule has 0 aliphatic carbocycles. The summed E-state index contributed by atoms with van der Waals surface area (Å²) in [5.74, 6) is -2.12. The minimum absolute atomic E-state index is 0.0657. The normalized spacial score (nSPS) is 20.4. The quantitative estimate of drug-likeness (QED) is 0.755. The molecule has 2 amide bonds. The van der Waals surface area contributed by atoms with Crippen LogP contribution in [0.25, 0.3) is 0 Å². The molecule has 0 aromatic heterocycles. The minimum Gasteiger partial charge on any atom is -0.481 e. The standard InChI is InChI=1S/C21H28N2O5/c1-14-3-4-17(13-15(14)2)23-9-5-18(21(23)27)20(26)22(10-6-19(24)25)16-7-11-28-12-8-16/h3-4,13,16,18H,5-12H2,1-2H3,(H,24,25)/t18-/m1/s1. The summed E-state index contributed by atoms with van der Waals surface area (Å²) in [4.78, 5) is 40.6. The Balaban J connectivity index is 1.75. The molecular weight excluding hydrogens is 360 g/mol. The van der Waals surface area contributed by atoms with Gasteiger partial charge in [0.15, 0.2) is 0 Å². The number of carboxylic acid groups (broad SMARTS) is 1. The molecule has 152 valence electrons. The van der Waals surface area contributed by atoms with Crippen molar-refractivity contribution in [2.24, 2.45) is 5.92 Å². The third-order valence-corrected chi connectivity index (χ3v) is 5.79. The summed E-state index contributed by atoms with van der Waals surface area (Å²) >= 11 is 0. The average Bonchev–Trinajstić information content (AvgIpc) is 3.06. The Kier molecular flexibility index (Phi) is 6.34. The Morgan fingerprint density at radius 2 is 1.89 bits per heavy atom. The van der Waals surface area contributed by atoms with Crippen LogP contribution in [0.1, 0.15) is 36.8 Å². The molecule has 1 aromatic carbocycles. The molecule has 0 unspecified atom stereocenters. The van der Waals surface area contributed by atoms with E-state index in [-0.39, 0.29) is 30.8 Å². The molecule has 0 bridgehead atoms. The van der Waals surface area contributed by atoms with Crippen molar-refractivity contribution in [3.63, 3.8) is 0 Å². The van der Waals surface area contributed by atoms with Crippen molar-refractivity contribution in [1.82, 2.24) is 4.90 Å². The van der Waals surface area contributed by atoms with Crippen molar-refractivity contribution in [2.45, 2.75) is 45.6 Å². The van der Waals surface area contributed by atoms with E-state index in [2.05, 4.69) is 0 Å². The lowest BCUT2D eigenvalue weighted by Crippen LogP contribution is -2.48. The van der Waals surface area contributed by atoms with E-state index < -0.39 is 11.9 Å². The Morgan fingerprint density at radius 3 is 2.54 bits per heavy atom. The number of rotatable bonds is 6. The number of ether oxygens (including phenoxy) is 1. The summed E-state index contributed by atoms with van der Waals surface area (Å²) in [5.41, 5.74) is 3.07. The van der Waals surface area contributed by atoms with Crippen molar-refractivity contribution < 1.29 is 24.2 Å². The first-order valence-electron chi connectivity index (χ1n) is 9.87. The van der Waals surface area contributed by atoms with Crippen molar-refractivity contribution in [3.8, 4) is 0 Å². The molecule has 0 spiro atoms. The van der Waals surface area contributed by atoms with E-state index in [1.165, 1.54) is 0 Å². The number of carbonyl (C=O) groups is 3. The van der Waals surface area contributed by atoms with Crippen molar-refractivity contribution in [2.75, 3.05) is 31.2 Å². The maximum atomic E-state index is 13.2. The monoisotopic (exact) mass is 388 g/mol. The number of carbonyl (C=O) groups excluding carboxylic acids is 2. The van der Waals surface area contributed by atoms with Gasteiger partial charge in [-0.3, -0.25) is 14.4 Å². The smallest absolute Gasteiger partial charge is 0.305 e. The second-order valence-corrected chi connectivity index (χ2v) is 7.62. The summed E-state index contributed by atoms with van der Waals surface area (Å²) in [6.07, 6.45) is 1.68. The molecular formula is C21H28N2O5. The molecule has 2 aliphatic rings. The molecule has 0 saturated carbocycles. The van der Waals surface area contributed by atoms with Gasteiger partial charge in [0.2, 0.25) is 11.8 Å². The Hall–Kier alpha value is -2.41. The molecule has 3 rings (SSSR count). The number of hydrogen-bond donors (Lipinski definition) is 1. The predicted octanol–water partition coefficient (Wildman–Crippen LogP) is 2.14. The lowest BCUT2D eigenvalue weighted by molar-refractivity contribution is -0.144. The van der Waals surface area contributed by atoms with E-state index in [0.717, 1.165) is 16.8 Å². The molecule has 28 heavy (non-hydrogen) atoms. The Labute approximate surface area is 165 Å². The SMILES string of the molecule is Cc1ccc(N2CC[C@H](C(=O)N(CCC(=O)O)C3CCOCC3)C2=O)cc1C. The third-order valence-electron chi connectivity index (χ3n) is 5.79. The zero-order chi connectivity index (χ0) is 20.3. The first kappa shape index (κ1) is 20.3. The van der Waals surface area contributed by atoms with Gasteiger partial charge in [-0.2, -0.15) is 0 Å². The van der Waals surface area contributed by atoms with Crippen LogP contribution in [0.3, 0.4) is 0 Å². The van der Waals surface area contributed by atoms with Crippen LogP contribution in [-0.4, -0.2) is 60.1 Å². The number of hydrogen-bond acceptors (Lipinski definition) is 4. The minimum atomic E-state index is -0.945. The van der Waals surface area contributed by atoms with Crippen LogP contribution in [0, 0.1) is 19.8 Å². The van der Waals surface area contributed by atoms with Gasteiger partial charge in [-0.1, -0.05) is 6.07 Å². The summed E-state index contributed by atoms with van der Waals surface area (Å²) in [6.45, 7) is 5.75. The number of aliphatic carboxylic acids is 1. The maximum Gasteiger partial charge on any atom is 0.305 e. The zero-order valence-electron chi connectivity index (χ0n) is 16.5. The van der Waals surface area contributed by atoms with Gasteiger partial charge in [0.25, 0.3) is 0 Å². The fourth-order valence-electron chi connectivity index (χ4n) is 3.94. The second kappa shape index (κ2) is 8.73. The number of aryl methyl sites for hydroxylation is 2. The van der Waals surface area contributed by atoms with Gasteiger partial charge in [-0.05, 0) is 56.4 Å². The lowest BCUT2D eigenvalue weighted by atomic mass is 10.0. The molecule has 2 saturated heterocycles. The highest BCUT2D eigenvalue weighted by Gasteiger charge is 2.41. The van der Waals surface area contributed by atoms with Gasteiger partial charge in [0.05, 0.1) is 6.42 Å². The number of benzene rings is 1. The largest absolute Gasteiger partial charge is 0.481 e. The van der Waals surface area contributed by atoms with Gasteiger partial charge in [-0.25, -0.2) is 0 Å². The van der Waals surface area contributed by atoms with Crippen LogP contribution in [-0.2, 0) is 19.1 Å². The highest BCUT2D eigenvalue weighted by atomic mass is 16.5.